The van der Waals surface area contributed by atoms with E-state index in [0.717, 1.165) is 36.7 Å². The molecule has 4 heteroatoms. The molecule has 1 aromatic heterocycles. The molecule has 0 radical (unpaired) electrons. The average Bonchev–Trinajstić information content (AvgIpc) is 2.96. The highest BCUT2D eigenvalue weighted by Gasteiger charge is 2.23. The van der Waals surface area contributed by atoms with Crippen molar-refractivity contribution >= 4 is 10.8 Å². The molecule has 0 N–H and O–H groups in total. The zero-order valence-electron chi connectivity index (χ0n) is 22.7. The molecule has 0 spiro atoms. The second-order valence-corrected chi connectivity index (χ2v) is 11.6. The van der Waals surface area contributed by atoms with E-state index in [-0.39, 0.29) is 11.1 Å². The molecule has 2 aliphatic carbocycles. The summed E-state index contributed by atoms with van der Waals surface area (Å²) < 4.78 is 26.8. The van der Waals surface area contributed by atoms with Crippen LogP contribution in [0.25, 0.3) is 22.1 Å². The topological polar surface area (TPSA) is 39.4 Å². The largest absolute Gasteiger partial charge is 0.490 e. The maximum Gasteiger partial charge on any atom is 0.347 e. The molecule has 2 aromatic carbocycles. The first-order chi connectivity index (χ1) is 18.6. The van der Waals surface area contributed by atoms with Crippen molar-refractivity contribution < 1.29 is 13.5 Å². The molecule has 2 aliphatic rings. The van der Waals surface area contributed by atoms with Crippen LogP contribution in [-0.2, 0) is 0 Å². The van der Waals surface area contributed by atoms with Gasteiger partial charge in [-0.05, 0) is 98.1 Å². The number of allylic oxidation sites excluding steroid dienone is 1. The number of rotatable bonds is 9. The molecule has 0 unspecified atom stereocenters. The van der Waals surface area contributed by atoms with Crippen LogP contribution in [0.1, 0.15) is 89.0 Å². The van der Waals surface area contributed by atoms with Gasteiger partial charge in [-0.25, -0.2) is 9.18 Å². The summed E-state index contributed by atoms with van der Waals surface area (Å²) in [7, 11) is 0. The van der Waals surface area contributed by atoms with Crippen LogP contribution in [-0.4, -0.2) is 6.61 Å². The van der Waals surface area contributed by atoms with E-state index in [0.29, 0.717) is 29.6 Å². The Kier molecular flexibility index (Phi) is 8.66. The van der Waals surface area contributed by atoms with Crippen LogP contribution >= 0.6 is 0 Å². The zero-order valence-corrected chi connectivity index (χ0v) is 22.7. The van der Waals surface area contributed by atoms with Gasteiger partial charge in [0, 0.05) is 5.56 Å². The molecule has 0 saturated heterocycles. The minimum Gasteiger partial charge on any atom is -0.490 e. The molecule has 3 nitrogen and oxygen atoms in total. The first kappa shape index (κ1) is 26.7. The van der Waals surface area contributed by atoms with Crippen LogP contribution < -0.4 is 10.4 Å². The second kappa shape index (κ2) is 12.3. The number of hydrogen-bond donors (Lipinski definition) is 0. The highest BCUT2D eigenvalue weighted by atomic mass is 19.1. The highest BCUT2D eigenvalue weighted by molar-refractivity contribution is 5.86. The highest BCUT2D eigenvalue weighted by Crippen LogP contribution is 2.38. The number of fused-ring (bicyclic) bond motifs is 1. The van der Waals surface area contributed by atoms with Gasteiger partial charge in [0.25, 0.3) is 0 Å². The Hall–Kier alpha value is -2.88. The number of benzene rings is 2. The standard InChI is InChI=1S/C34H41FO3/c1-3-5-6-24-11-13-26(14-12-24)27-15-17-28(18-16-27)31-21-29-19-20-30(33(35)32(29)34(36)38-31)37-22-25-9-7-23(4-2)8-10-25/h3,15-21,23-26H,1,4-14,22H2,2H3. The smallest absolute Gasteiger partial charge is 0.347 e. The fourth-order valence-corrected chi connectivity index (χ4v) is 6.55. The third-order valence-corrected chi connectivity index (χ3v) is 9.14. The van der Waals surface area contributed by atoms with E-state index in [9.17, 15) is 4.79 Å². The third-order valence-electron chi connectivity index (χ3n) is 9.14. The molecule has 1 heterocycles. The molecular formula is C34H41FO3. The first-order valence-electron chi connectivity index (χ1n) is 14.7. The van der Waals surface area contributed by atoms with Crippen LogP contribution in [0, 0.1) is 23.6 Å². The van der Waals surface area contributed by atoms with Gasteiger partial charge in [0.15, 0.2) is 11.6 Å². The summed E-state index contributed by atoms with van der Waals surface area (Å²) in [5.41, 5.74) is 1.51. The number of ether oxygens (including phenoxy) is 1. The van der Waals surface area contributed by atoms with Crippen LogP contribution in [0.4, 0.5) is 4.39 Å². The molecule has 0 aliphatic heterocycles. The summed E-state index contributed by atoms with van der Waals surface area (Å²) in [6, 6.07) is 13.5. The lowest BCUT2D eigenvalue weighted by molar-refractivity contribution is 0.177. The minimum atomic E-state index is -0.661. The Morgan fingerprint density at radius 3 is 2.32 bits per heavy atom. The monoisotopic (exact) mass is 516 g/mol. The first-order valence-corrected chi connectivity index (χ1v) is 14.7. The van der Waals surface area contributed by atoms with Crippen molar-refractivity contribution in [2.75, 3.05) is 6.61 Å². The number of halogens is 1. The Morgan fingerprint density at radius 1 is 0.947 bits per heavy atom. The Labute approximate surface area is 226 Å². The predicted octanol–water partition coefficient (Wildman–Crippen LogP) is 9.43. The summed E-state index contributed by atoms with van der Waals surface area (Å²) in [6.07, 6.45) is 15.3. The third kappa shape index (κ3) is 6.06. The Morgan fingerprint density at radius 2 is 1.63 bits per heavy atom. The van der Waals surface area contributed by atoms with Crippen molar-refractivity contribution in [1.29, 1.82) is 0 Å². The Bertz CT molecular complexity index is 1280. The van der Waals surface area contributed by atoms with E-state index in [1.807, 2.05) is 18.2 Å². The van der Waals surface area contributed by atoms with Crippen LogP contribution in [0.5, 0.6) is 5.75 Å². The van der Waals surface area contributed by atoms with E-state index in [4.69, 9.17) is 9.15 Å². The van der Waals surface area contributed by atoms with Gasteiger partial charge in [-0.1, -0.05) is 62.6 Å². The summed E-state index contributed by atoms with van der Waals surface area (Å²) in [5, 5.41) is 0.497. The minimum absolute atomic E-state index is 0.0363. The van der Waals surface area contributed by atoms with Crippen molar-refractivity contribution in [3.8, 4) is 17.1 Å². The van der Waals surface area contributed by atoms with Crippen LogP contribution in [0.2, 0.25) is 0 Å². The van der Waals surface area contributed by atoms with Gasteiger partial charge in [0.2, 0.25) is 0 Å². The molecule has 202 valence electrons. The average molecular weight is 517 g/mol. The molecule has 0 amide bonds. The van der Waals surface area contributed by atoms with Crippen molar-refractivity contribution in [3.63, 3.8) is 0 Å². The number of hydrogen-bond acceptors (Lipinski definition) is 3. The van der Waals surface area contributed by atoms with Gasteiger partial charge in [-0.3, -0.25) is 0 Å². The quantitative estimate of drug-likeness (QED) is 0.266. The lowest BCUT2D eigenvalue weighted by atomic mass is 9.77. The molecule has 0 bridgehead atoms. The van der Waals surface area contributed by atoms with Gasteiger partial charge in [0.05, 0.1) is 6.61 Å². The molecule has 0 atom stereocenters. The lowest BCUT2D eigenvalue weighted by Gasteiger charge is -2.28. The van der Waals surface area contributed by atoms with E-state index in [2.05, 4.69) is 25.6 Å². The fraction of sp³-hybridized carbons (Fsp3) is 0.500. The van der Waals surface area contributed by atoms with E-state index < -0.39 is 11.4 Å². The zero-order chi connectivity index (χ0) is 26.5. The van der Waals surface area contributed by atoms with Crippen molar-refractivity contribution in [2.24, 2.45) is 17.8 Å². The molecule has 5 rings (SSSR count). The maximum absolute atomic E-state index is 15.3. The van der Waals surface area contributed by atoms with Crippen LogP contribution in [0.15, 0.2) is 64.3 Å². The van der Waals surface area contributed by atoms with Gasteiger partial charge in [-0.15, -0.1) is 6.58 Å². The molecular weight excluding hydrogens is 475 g/mol. The van der Waals surface area contributed by atoms with Crippen molar-refractivity contribution in [3.05, 3.63) is 76.9 Å². The second-order valence-electron chi connectivity index (χ2n) is 11.6. The molecule has 2 fully saturated rings. The van der Waals surface area contributed by atoms with Gasteiger partial charge in [-0.2, -0.15) is 0 Å². The fourth-order valence-electron chi connectivity index (χ4n) is 6.55. The summed E-state index contributed by atoms with van der Waals surface area (Å²) in [4.78, 5) is 12.9. The van der Waals surface area contributed by atoms with Gasteiger partial charge < -0.3 is 9.15 Å². The van der Waals surface area contributed by atoms with Gasteiger partial charge in [0.1, 0.15) is 11.1 Å². The SMILES string of the molecule is C=CCCC1CCC(c2ccc(-c3cc4ccc(OCC5CCC(CC)CC5)c(F)c4c(=O)o3)cc2)CC1. The van der Waals surface area contributed by atoms with Gasteiger partial charge >= 0.3 is 5.63 Å². The van der Waals surface area contributed by atoms with Crippen molar-refractivity contribution in [1.82, 2.24) is 0 Å². The summed E-state index contributed by atoms with van der Waals surface area (Å²) in [6.45, 7) is 6.58. The van der Waals surface area contributed by atoms with E-state index in [1.165, 1.54) is 56.9 Å². The lowest BCUT2D eigenvalue weighted by Crippen LogP contribution is -2.20. The van der Waals surface area contributed by atoms with E-state index >= 15 is 4.39 Å². The Balaban J connectivity index is 1.26. The van der Waals surface area contributed by atoms with E-state index in [1.54, 1.807) is 18.2 Å². The molecule has 38 heavy (non-hydrogen) atoms. The predicted molar refractivity (Wildman–Crippen MR) is 153 cm³/mol. The van der Waals surface area contributed by atoms with Crippen LogP contribution in [0.3, 0.4) is 0 Å². The molecule has 3 aromatic rings. The summed E-state index contributed by atoms with van der Waals surface area (Å²) in [5.74, 6) is 2.64. The van der Waals surface area contributed by atoms with Crippen molar-refractivity contribution in [2.45, 2.75) is 83.5 Å². The summed E-state index contributed by atoms with van der Waals surface area (Å²) >= 11 is 0. The normalized spacial score (nSPS) is 23.8. The molecule has 2 saturated carbocycles. The maximum atomic E-state index is 15.3.